The van der Waals surface area contributed by atoms with Gasteiger partial charge in [-0.1, -0.05) is 13.8 Å². The molecule has 0 fully saturated rings. The van der Waals surface area contributed by atoms with Crippen LogP contribution in [-0.2, 0) is 9.53 Å². The zero-order chi connectivity index (χ0) is 12.8. The molecule has 5 heteroatoms. The van der Waals surface area contributed by atoms with Crippen molar-refractivity contribution in [2.45, 2.75) is 26.7 Å². The van der Waals surface area contributed by atoms with Gasteiger partial charge in [-0.25, -0.2) is 4.98 Å². The summed E-state index contributed by atoms with van der Waals surface area (Å²) in [5.41, 5.74) is 0.531. The van der Waals surface area contributed by atoms with Crippen LogP contribution in [0.4, 0.5) is 0 Å². The summed E-state index contributed by atoms with van der Waals surface area (Å²) in [6.07, 6.45) is 3.08. The Hall–Kier alpha value is -1.65. The molecule has 0 N–H and O–H groups in total. The van der Waals surface area contributed by atoms with Crippen molar-refractivity contribution in [2.75, 3.05) is 13.7 Å². The molecule has 1 aromatic heterocycles. The molecule has 0 spiro atoms. The van der Waals surface area contributed by atoms with Crippen LogP contribution in [-0.4, -0.2) is 29.7 Å². The number of aromatic nitrogens is 2. The van der Waals surface area contributed by atoms with Crippen LogP contribution in [0, 0.1) is 5.92 Å². The van der Waals surface area contributed by atoms with Crippen molar-refractivity contribution in [3.8, 4) is 5.88 Å². The van der Waals surface area contributed by atoms with Gasteiger partial charge >= 0.3 is 5.97 Å². The zero-order valence-electron chi connectivity index (χ0n) is 10.6. The van der Waals surface area contributed by atoms with Gasteiger partial charge in [0.15, 0.2) is 0 Å². The number of rotatable bonds is 5. The largest absolute Gasteiger partial charge is 0.480 e. The van der Waals surface area contributed by atoms with Crippen molar-refractivity contribution in [2.24, 2.45) is 5.92 Å². The van der Waals surface area contributed by atoms with Crippen LogP contribution in [0.5, 0.6) is 5.88 Å². The van der Waals surface area contributed by atoms with Gasteiger partial charge in [0.1, 0.15) is 11.6 Å². The van der Waals surface area contributed by atoms with E-state index in [1.807, 2.05) is 13.8 Å². The Bertz CT molecular complexity index is 380. The van der Waals surface area contributed by atoms with E-state index in [0.717, 1.165) is 0 Å². The first-order valence-electron chi connectivity index (χ1n) is 5.63. The summed E-state index contributed by atoms with van der Waals surface area (Å²) in [6.45, 7) is 6.01. The summed E-state index contributed by atoms with van der Waals surface area (Å²) in [4.78, 5) is 20.1. The van der Waals surface area contributed by atoms with Gasteiger partial charge < -0.3 is 9.47 Å². The molecule has 5 nitrogen and oxygen atoms in total. The summed E-state index contributed by atoms with van der Waals surface area (Å²) in [6, 6.07) is 0. The minimum Gasteiger partial charge on any atom is -0.480 e. The predicted molar refractivity (Wildman–Crippen MR) is 62.8 cm³/mol. The minimum absolute atomic E-state index is 0.0691. The molecule has 0 radical (unpaired) electrons. The van der Waals surface area contributed by atoms with Crippen molar-refractivity contribution in [3.05, 3.63) is 18.1 Å². The van der Waals surface area contributed by atoms with Crippen LogP contribution >= 0.6 is 0 Å². The van der Waals surface area contributed by atoms with E-state index in [1.165, 1.54) is 13.3 Å². The first-order chi connectivity index (χ1) is 8.11. The van der Waals surface area contributed by atoms with E-state index in [9.17, 15) is 4.79 Å². The van der Waals surface area contributed by atoms with Crippen LogP contribution < -0.4 is 4.74 Å². The molecular weight excluding hydrogens is 220 g/mol. The maximum atomic E-state index is 11.9. The average Bonchev–Trinajstić information content (AvgIpc) is 2.30. The van der Waals surface area contributed by atoms with E-state index in [2.05, 4.69) is 9.97 Å². The van der Waals surface area contributed by atoms with Crippen molar-refractivity contribution in [1.29, 1.82) is 0 Å². The van der Waals surface area contributed by atoms with E-state index >= 15 is 0 Å². The SMILES string of the molecule is CCOC(=O)C(c1nccnc1OC)C(C)C. The molecule has 1 atom stereocenters. The predicted octanol–water partition coefficient (Wildman–Crippen LogP) is 1.79. The molecule has 17 heavy (non-hydrogen) atoms. The number of hydrogen-bond donors (Lipinski definition) is 0. The van der Waals surface area contributed by atoms with Gasteiger partial charge in [-0.3, -0.25) is 9.78 Å². The highest BCUT2D eigenvalue weighted by atomic mass is 16.5. The minimum atomic E-state index is -0.446. The highest BCUT2D eigenvalue weighted by molar-refractivity contribution is 5.78. The van der Waals surface area contributed by atoms with Gasteiger partial charge in [0.2, 0.25) is 5.88 Å². The molecule has 1 aromatic rings. The average molecular weight is 238 g/mol. The zero-order valence-corrected chi connectivity index (χ0v) is 10.6. The van der Waals surface area contributed by atoms with Gasteiger partial charge in [0.05, 0.1) is 13.7 Å². The number of carbonyl (C=O) groups is 1. The van der Waals surface area contributed by atoms with Crippen LogP contribution in [0.25, 0.3) is 0 Å². The fourth-order valence-corrected chi connectivity index (χ4v) is 1.64. The highest BCUT2D eigenvalue weighted by Gasteiger charge is 2.30. The number of nitrogens with zero attached hydrogens (tertiary/aromatic N) is 2. The smallest absolute Gasteiger partial charge is 0.315 e. The summed E-state index contributed by atoms with van der Waals surface area (Å²) < 4.78 is 10.2. The molecule has 0 aromatic carbocycles. The number of carbonyl (C=O) groups excluding carboxylic acids is 1. The van der Waals surface area contributed by atoms with Gasteiger partial charge in [0.25, 0.3) is 0 Å². The maximum absolute atomic E-state index is 11.9. The topological polar surface area (TPSA) is 61.3 Å². The fraction of sp³-hybridized carbons (Fsp3) is 0.583. The lowest BCUT2D eigenvalue weighted by Gasteiger charge is -2.19. The van der Waals surface area contributed by atoms with Crippen LogP contribution in [0.3, 0.4) is 0 Å². The number of ether oxygens (including phenoxy) is 2. The third kappa shape index (κ3) is 3.15. The molecular formula is C12H18N2O3. The molecule has 0 aliphatic carbocycles. The molecule has 0 bridgehead atoms. The second-order valence-corrected chi connectivity index (χ2v) is 3.92. The Labute approximate surface area is 101 Å². The van der Waals surface area contributed by atoms with Crippen LogP contribution in [0.1, 0.15) is 32.4 Å². The molecule has 1 rings (SSSR count). The van der Waals surface area contributed by atoms with Crippen molar-refractivity contribution in [3.63, 3.8) is 0 Å². The third-order valence-electron chi connectivity index (χ3n) is 2.39. The molecule has 1 unspecified atom stereocenters. The molecule has 0 amide bonds. The van der Waals surface area contributed by atoms with Crippen LogP contribution in [0.15, 0.2) is 12.4 Å². The Morgan fingerprint density at radius 1 is 1.35 bits per heavy atom. The fourth-order valence-electron chi connectivity index (χ4n) is 1.64. The van der Waals surface area contributed by atoms with Gasteiger partial charge in [0, 0.05) is 12.4 Å². The molecule has 0 saturated carbocycles. The van der Waals surface area contributed by atoms with E-state index in [-0.39, 0.29) is 11.9 Å². The molecule has 0 saturated heterocycles. The van der Waals surface area contributed by atoms with E-state index in [1.54, 1.807) is 13.1 Å². The lowest BCUT2D eigenvalue weighted by atomic mass is 9.92. The van der Waals surface area contributed by atoms with E-state index in [0.29, 0.717) is 18.2 Å². The first-order valence-corrected chi connectivity index (χ1v) is 5.63. The van der Waals surface area contributed by atoms with Gasteiger partial charge in [-0.2, -0.15) is 0 Å². The van der Waals surface area contributed by atoms with Crippen molar-refractivity contribution < 1.29 is 14.3 Å². The highest BCUT2D eigenvalue weighted by Crippen LogP contribution is 2.29. The number of esters is 1. The summed E-state index contributed by atoms with van der Waals surface area (Å²) in [5.74, 6) is -0.293. The molecule has 94 valence electrons. The van der Waals surface area contributed by atoms with Gasteiger partial charge in [-0.15, -0.1) is 0 Å². The summed E-state index contributed by atoms with van der Waals surface area (Å²) in [7, 11) is 1.51. The summed E-state index contributed by atoms with van der Waals surface area (Å²) >= 11 is 0. The Morgan fingerprint density at radius 3 is 2.53 bits per heavy atom. The molecule has 1 heterocycles. The standard InChI is InChI=1S/C12H18N2O3/c1-5-17-12(15)9(8(2)3)10-11(16-4)14-7-6-13-10/h6-9H,5H2,1-4H3. The van der Waals surface area contributed by atoms with Gasteiger partial charge in [-0.05, 0) is 12.8 Å². The van der Waals surface area contributed by atoms with E-state index in [4.69, 9.17) is 9.47 Å². The van der Waals surface area contributed by atoms with Crippen LogP contribution in [0.2, 0.25) is 0 Å². The van der Waals surface area contributed by atoms with Crippen molar-refractivity contribution >= 4 is 5.97 Å². The van der Waals surface area contributed by atoms with Crippen molar-refractivity contribution in [1.82, 2.24) is 9.97 Å². The molecule has 0 aliphatic rings. The monoisotopic (exact) mass is 238 g/mol. The quantitative estimate of drug-likeness (QED) is 0.732. The lowest BCUT2D eigenvalue weighted by Crippen LogP contribution is -2.22. The Morgan fingerprint density at radius 2 is 2.00 bits per heavy atom. The number of methoxy groups -OCH3 is 1. The number of hydrogen-bond acceptors (Lipinski definition) is 5. The third-order valence-corrected chi connectivity index (χ3v) is 2.39. The first kappa shape index (κ1) is 13.4. The molecule has 0 aliphatic heterocycles. The second kappa shape index (κ2) is 6.18. The Balaban J connectivity index is 3.09. The lowest BCUT2D eigenvalue weighted by molar-refractivity contribution is -0.146. The normalized spacial score (nSPS) is 12.3. The second-order valence-electron chi connectivity index (χ2n) is 3.92. The Kier molecular flexibility index (Phi) is 4.87. The van der Waals surface area contributed by atoms with E-state index < -0.39 is 5.92 Å². The summed E-state index contributed by atoms with van der Waals surface area (Å²) in [5, 5.41) is 0. The maximum Gasteiger partial charge on any atom is 0.315 e.